The largest absolute Gasteiger partial charge is 0.494 e. The van der Waals surface area contributed by atoms with Gasteiger partial charge in [0.05, 0.1) is 17.3 Å². The number of likely N-dealkylation sites (N-methyl/N-ethyl adjacent to an activating group) is 1. The summed E-state index contributed by atoms with van der Waals surface area (Å²) in [6.07, 6.45) is 1.71. The predicted molar refractivity (Wildman–Crippen MR) is 107 cm³/mol. The van der Waals surface area contributed by atoms with Gasteiger partial charge in [0.25, 0.3) is 5.91 Å². The van der Waals surface area contributed by atoms with E-state index in [1.54, 1.807) is 0 Å². The molecule has 0 unspecified atom stereocenters. The Balaban J connectivity index is 1.90. The lowest BCUT2D eigenvalue weighted by Crippen LogP contribution is -2.32. The molecule has 26 heavy (non-hydrogen) atoms. The number of nitrogens with zero attached hydrogens (tertiary/aromatic N) is 2. The van der Waals surface area contributed by atoms with Crippen LogP contribution in [0.15, 0.2) is 24.3 Å². The number of hydrogen-bond donors (Lipinski definition) is 1. The third-order valence-corrected chi connectivity index (χ3v) is 5.42. The SMILES string of the molecule is CCOc1cccc(CCc2nc(C)c(C(=O)NCCN(C)CC)s2)c1. The number of amides is 1. The molecule has 0 atom stereocenters. The Morgan fingerprint density at radius 1 is 1.31 bits per heavy atom. The number of thiazole rings is 1. The molecule has 0 radical (unpaired) electrons. The average Bonchev–Trinajstić information content (AvgIpc) is 3.01. The lowest BCUT2D eigenvalue weighted by Gasteiger charge is -2.13. The van der Waals surface area contributed by atoms with Crippen molar-refractivity contribution in [2.45, 2.75) is 33.6 Å². The smallest absolute Gasteiger partial charge is 0.263 e. The van der Waals surface area contributed by atoms with E-state index in [1.165, 1.54) is 16.9 Å². The summed E-state index contributed by atoms with van der Waals surface area (Å²) < 4.78 is 5.55. The zero-order valence-electron chi connectivity index (χ0n) is 16.2. The first-order valence-electron chi connectivity index (χ1n) is 9.18. The van der Waals surface area contributed by atoms with Gasteiger partial charge in [0, 0.05) is 19.5 Å². The molecule has 0 spiro atoms. The highest BCUT2D eigenvalue weighted by Gasteiger charge is 2.15. The van der Waals surface area contributed by atoms with Gasteiger partial charge >= 0.3 is 0 Å². The van der Waals surface area contributed by atoms with Gasteiger partial charge in [-0.2, -0.15) is 0 Å². The molecule has 0 aliphatic rings. The highest BCUT2D eigenvalue weighted by molar-refractivity contribution is 7.13. The van der Waals surface area contributed by atoms with Crippen molar-refractivity contribution >= 4 is 17.2 Å². The first-order chi connectivity index (χ1) is 12.5. The zero-order chi connectivity index (χ0) is 18.9. The Hall–Kier alpha value is -1.92. The van der Waals surface area contributed by atoms with Crippen LogP contribution in [0.2, 0.25) is 0 Å². The number of nitrogens with one attached hydrogen (secondary N) is 1. The maximum absolute atomic E-state index is 12.4. The van der Waals surface area contributed by atoms with E-state index >= 15 is 0 Å². The molecule has 6 heteroatoms. The van der Waals surface area contributed by atoms with Crippen LogP contribution in [0.25, 0.3) is 0 Å². The van der Waals surface area contributed by atoms with Crippen LogP contribution in [0.1, 0.15) is 39.8 Å². The van der Waals surface area contributed by atoms with Crippen molar-refractivity contribution in [1.82, 2.24) is 15.2 Å². The summed E-state index contributed by atoms with van der Waals surface area (Å²) >= 11 is 1.50. The summed E-state index contributed by atoms with van der Waals surface area (Å²) in [6, 6.07) is 8.15. The van der Waals surface area contributed by atoms with Gasteiger partial charge in [-0.05, 0) is 51.6 Å². The minimum Gasteiger partial charge on any atom is -0.494 e. The monoisotopic (exact) mass is 375 g/mol. The molecule has 5 nitrogen and oxygen atoms in total. The second-order valence-corrected chi connectivity index (χ2v) is 7.34. The first-order valence-corrected chi connectivity index (χ1v) is 9.99. The lowest BCUT2D eigenvalue weighted by molar-refractivity contribution is 0.0953. The molecule has 2 aromatic rings. The maximum Gasteiger partial charge on any atom is 0.263 e. The minimum absolute atomic E-state index is 0.0194. The third-order valence-electron chi connectivity index (χ3n) is 4.20. The van der Waals surface area contributed by atoms with E-state index in [0.29, 0.717) is 13.2 Å². The normalized spacial score (nSPS) is 11.0. The molecule has 1 N–H and O–H groups in total. The van der Waals surface area contributed by atoms with Crippen molar-refractivity contribution < 1.29 is 9.53 Å². The minimum atomic E-state index is -0.0194. The van der Waals surface area contributed by atoms with Crippen molar-refractivity contribution in [2.75, 3.05) is 33.3 Å². The van der Waals surface area contributed by atoms with Gasteiger partial charge in [-0.3, -0.25) is 4.79 Å². The molecule has 0 fully saturated rings. The van der Waals surface area contributed by atoms with Crippen molar-refractivity contribution in [1.29, 1.82) is 0 Å². The van der Waals surface area contributed by atoms with E-state index in [-0.39, 0.29) is 5.91 Å². The summed E-state index contributed by atoms with van der Waals surface area (Å²) in [4.78, 5) is 19.8. The number of hydrogen-bond acceptors (Lipinski definition) is 5. The van der Waals surface area contributed by atoms with Crippen LogP contribution in [0.4, 0.5) is 0 Å². The standard InChI is InChI=1S/C20H29N3O2S/c1-5-23(4)13-12-21-20(24)19-15(3)22-18(26-19)11-10-16-8-7-9-17(14-16)25-6-2/h7-9,14H,5-6,10-13H2,1-4H3,(H,21,24). The highest BCUT2D eigenvalue weighted by Crippen LogP contribution is 2.21. The quantitative estimate of drug-likeness (QED) is 0.692. The molecule has 0 saturated carbocycles. The van der Waals surface area contributed by atoms with E-state index in [9.17, 15) is 4.79 Å². The summed E-state index contributed by atoms with van der Waals surface area (Å²) in [5.74, 6) is 0.881. The number of carbonyl (C=O) groups excluding carboxylic acids is 1. The molecular formula is C20H29N3O2S. The van der Waals surface area contributed by atoms with Gasteiger partial charge in [-0.25, -0.2) is 4.98 Å². The molecule has 142 valence electrons. The summed E-state index contributed by atoms with van der Waals surface area (Å²) in [7, 11) is 2.04. The van der Waals surface area contributed by atoms with E-state index in [1.807, 2.05) is 33.0 Å². The number of benzene rings is 1. The van der Waals surface area contributed by atoms with E-state index in [4.69, 9.17) is 4.74 Å². The van der Waals surface area contributed by atoms with Crippen molar-refractivity contribution in [2.24, 2.45) is 0 Å². The summed E-state index contributed by atoms with van der Waals surface area (Å²) in [5, 5.41) is 3.99. The van der Waals surface area contributed by atoms with E-state index < -0.39 is 0 Å². The fraction of sp³-hybridized carbons (Fsp3) is 0.500. The molecule has 0 bridgehead atoms. The number of aromatic nitrogens is 1. The number of rotatable bonds is 10. The van der Waals surface area contributed by atoms with Crippen LogP contribution < -0.4 is 10.1 Å². The Labute approximate surface area is 160 Å². The third kappa shape index (κ3) is 6.11. The van der Waals surface area contributed by atoms with Gasteiger partial charge in [0.1, 0.15) is 10.6 Å². The van der Waals surface area contributed by atoms with Crippen LogP contribution >= 0.6 is 11.3 Å². The molecule has 1 amide bonds. The fourth-order valence-corrected chi connectivity index (χ4v) is 3.56. The van der Waals surface area contributed by atoms with Gasteiger partial charge in [-0.1, -0.05) is 19.1 Å². The van der Waals surface area contributed by atoms with Gasteiger partial charge in [-0.15, -0.1) is 11.3 Å². The Morgan fingerprint density at radius 3 is 2.85 bits per heavy atom. The van der Waals surface area contributed by atoms with Crippen molar-refractivity contribution in [3.8, 4) is 5.75 Å². The summed E-state index contributed by atoms with van der Waals surface area (Å²) in [6.45, 7) is 9.14. The maximum atomic E-state index is 12.4. The molecule has 0 aliphatic heterocycles. The molecule has 1 aromatic heterocycles. The average molecular weight is 376 g/mol. The molecule has 1 aromatic carbocycles. The predicted octanol–water partition coefficient (Wildman–Crippen LogP) is 3.32. The number of aryl methyl sites for hydroxylation is 3. The van der Waals surface area contributed by atoms with Crippen LogP contribution in [0.5, 0.6) is 5.75 Å². The Bertz CT molecular complexity index is 715. The molecule has 1 heterocycles. The first kappa shape index (κ1) is 20.4. The number of ether oxygens (including phenoxy) is 1. The van der Waals surface area contributed by atoms with Gasteiger partial charge in [0.2, 0.25) is 0 Å². The van der Waals surface area contributed by atoms with E-state index in [2.05, 4.69) is 34.3 Å². The molecule has 0 saturated heterocycles. The highest BCUT2D eigenvalue weighted by atomic mass is 32.1. The second kappa shape index (κ2) is 10.3. The molecule has 0 aliphatic carbocycles. The van der Waals surface area contributed by atoms with Crippen LogP contribution in [-0.4, -0.2) is 49.1 Å². The zero-order valence-corrected chi connectivity index (χ0v) is 17.0. The molecular weight excluding hydrogens is 346 g/mol. The molecule has 2 rings (SSSR count). The van der Waals surface area contributed by atoms with E-state index in [0.717, 1.165) is 47.3 Å². The topological polar surface area (TPSA) is 54.5 Å². The number of carbonyl (C=O) groups is 1. The lowest BCUT2D eigenvalue weighted by atomic mass is 10.1. The van der Waals surface area contributed by atoms with Crippen LogP contribution in [-0.2, 0) is 12.8 Å². The Kier molecular flexibility index (Phi) is 8.06. The summed E-state index contributed by atoms with van der Waals surface area (Å²) in [5.41, 5.74) is 2.03. The van der Waals surface area contributed by atoms with Crippen molar-refractivity contribution in [3.63, 3.8) is 0 Å². The van der Waals surface area contributed by atoms with Crippen LogP contribution in [0.3, 0.4) is 0 Å². The van der Waals surface area contributed by atoms with Crippen molar-refractivity contribution in [3.05, 3.63) is 45.4 Å². The van der Waals surface area contributed by atoms with Gasteiger partial charge < -0.3 is 15.0 Å². The van der Waals surface area contributed by atoms with Gasteiger partial charge in [0.15, 0.2) is 0 Å². The fourth-order valence-electron chi connectivity index (χ4n) is 2.58. The Morgan fingerprint density at radius 2 is 2.12 bits per heavy atom. The second-order valence-electron chi connectivity index (χ2n) is 6.25. The van der Waals surface area contributed by atoms with Crippen LogP contribution in [0, 0.1) is 6.92 Å².